The molecule has 4 nitrogen and oxygen atoms in total. The molecule has 0 saturated carbocycles. The van der Waals surface area contributed by atoms with Crippen LogP contribution in [0.25, 0.3) is 0 Å². The number of carbonyl (C=O) groups excluding carboxylic acids is 2. The lowest BCUT2D eigenvalue weighted by Gasteiger charge is -1.94. The zero-order chi connectivity index (χ0) is 9.56. The molecule has 0 N–H and O–H groups in total. The lowest BCUT2D eigenvalue weighted by atomic mass is 10.2. The van der Waals surface area contributed by atoms with Crippen molar-refractivity contribution in [3.63, 3.8) is 0 Å². The van der Waals surface area contributed by atoms with Crippen molar-refractivity contribution in [3.8, 4) is 6.07 Å². The average Bonchev–Trinajstić information content (AvgIpc) is 2.00. The molecule has 0 unspecified atom stereocenters. The quantitative estimate of drug-likeness (QED) is 0.350. The third-order valence-corrected chi connectivity index (χ3v) is 1.05. The van der Waals surface area contributed by atoms with E-state index in [2.05, 4.69) is 4.74 Å². The Labute approximate surface area is 70.4 Å². The molecule has 0 aliphatic heterocycles. The van der Waals surface area contributed by atoms with Gasteiger partial charge in [-0.15, -0.1) is 0 Å². The number of ether oxygens (including phenoxy) is 1. The van der Waals surface area contributed by atoms with E-state index in [-0.39, 0.29) is 12.2 Å². The number of nitrogens with zero attached hydrogens (tertiary/aromatic N) is 1. The van der Waals surface area contributed by atoms with Crippen molar-refractivity contribution in [2.75, 3.05) is 6.61 Å². The number of carbonyl (C=O) groups is 2. The summed E-state index contributed by atoms with van der Waals surface area (Å²) in [4.78, 5) is 21.3. The van der Waals surface area contributed by atoms with Gasteiger partial charge in [0.1, 0.15) is 11.6 Å². The van der Waals surface area contributed by atoms with Crippen LogP contribution >= 0.6 is 0 Å². The Morgan fingerprint density at radius 2 is 2.17 bits per heavy atom. The smallest absolute Gasteiger partial charge is 0.332 e. The average molecular weight is 167 g/mol. The highest BCUT2D eigenvalue weighted by atomic mass is 16.5. The van der Waals surface area contributed by atoms with E-state index in [4.69, 9.17) is 5.26 Å². The Bertz CT molecular complexity index is 260. The Kier molecular flexibility index (Phi) is 4.39. The molecule has 0 fully saturated rings. The summed E-state index contributed by atoms with van der Waals surface area (Å²) in [6.45, 7) is 3.09. The molecule has 12 heavy (non-hydrogen) atoms. The van der Waals surface area contributed by atoms with E-state index < -0.39 is 11.8 Å². The molecule has 0 spiro atoms. The molecular weight excluding hydrogens is 158 g/mol. The lowest BCUT2D eigenvalue weighted by molar-refractivity contribution is -0.137. The molecule has 0 amide bonds. The second-order valence-electron chi connectivity index (χ2n) is 1.98. The molecule has 0 rings (SSSR count). The fourth-order valence-corrected chi connectivity index (χ4v) is 0.514. The van der Waals surface area contributed by atoms with E-state index in [0.29, 0.717) is 0 Å². The molecule has 0 atom stereocenters. The zero-order valence-electron chi connectivity index (χ0n) is 6.96. The van der Waals surface area contributed by atoms with Crippen LogP contribution in [0.1, 0.15) is 13.8 Å². The highest BCUT2D eigenvalue weighted by molar-refractivity contribution is 6.02. The summed E-state index contributed by atoms with van der Waals surface area (Å²) >= 11 is 0. The Morgan fingerprint density at radius 3 is 2.50 bits per heavy atom. The van der Waals surface area contributed by atoms with Gasteiger partial charge in [0.2, 0.25) is 0 Å². The van der Waals surface area contributed by atoms with Gasteiger partial charge in [0.25, 0.3) is 0 Å². The summed E-state index contributed by atoms with van der Waals surface area (Å²) in [5.74, 6) is -1.10. The van der Waals surface area contributed by atoms with Crippen LogP contribution in [0, 0.1) is 11.3 Å². The van der Waals surface area contributed by atoms with Crippen molar-refractivity contribution in [2.24, 2.45) is 0 Å². The molecule has 0 aromatic carbocycles. The number of esters is 1. The van der Waals surface area contributed by atoms with E-state index in [9.17, 15) is 9.59 Å². The molecule has 0 aromatic heterocycles. The van der Waals surface area contributed by atoms with Crippen LogP contribution in [0.2, 0.25) is 0 Å². The minimum atomic E-state index is -0.663. The van der Waals surface area contributed by atoms with Gasteiger partial charge in [-0.3, -0.25) is 4.79 Å². The van der Waals surface area contributed by atoms with Gasteiger partial charge in [-0.25, -0.2) is 4.79 Å². The van der Waals surface area contributed by atoms with E-state index in [1.165, 1.54) is 6.92 Å². The SMILES string of the molecule is CCOC(=O)C=C(C#N)C(C)=O. The summed E-state index contributed by atoms with van der Waals surface area (Å²) in [6.07, 6.45) is 0.895. The maximum atomic E-state index is 10.7. The first-order valence-electron chi connectivity index (χ1n) is 3.41. The maximum Gasteiger partial charge on any atom is 0.332 e. The standard InChI is InChI=1S/C8H9NO3/c1-3-12-8(11)4-7(5-9)6(2)10/h4H,3H2,1-2H3. The second-order valence-corrected chi connectivity index (χ2v) is 1.98. The largest absolute Gasteiger partial charge is 0.463 e. The number of Topliss-reactive ketones (excluding diaryl/α,β-unsaturated/α-hetero) is 1. The van der Waals surface area contributed by atoms with Crippen molar-refractivity contribution in [3.05, 3.63) is 11.6 Å². The van der Waals surface area contributed by atoms with Crippen molar-refractivity contribution < 1.29 is 14.3 Å². The van der Waals surface area contributed by atoms with E-state index in [1.54, 1.807) is 13.0 Å². The topological polar surface area (TPSA) is 67.2 Å². The molecule has 0 aliphatic carbocycles. The predicted octanol–water partition coefficient (Wildman–Crippen LogP) is 0.588. The van der Waals surface area contributed by atoms with Crippen LogP contribution in [0.15, 0.2) is 11.6 Å². The summed E-state index contributed by atoms with van der Waals surface area (Å²) in [7, 11) is 0. The van der Waals surface area contributed by atoms with Gasteiger partial charge in [-0.05, 0) is 13.8 Å². The lowest BCUT2D eigenvalue weighted by Crippen LogP contribution is -2.03. The molecule has 64 valence electrons. The van der Waals surface area contributed by atoms with Crippen molar-refractivity contribution in [1.29, 1.82) is 5.26 Å². The highest BCUT2D eigenvalue weighted by Crippen LogP contribution is 1.94. The predicted molar refractivity (Wildman–Crippen MR) is 41.0 cm³/mol. The van der Waals surface area contributed by atoms with Crippen molar-refractivity contribution >= 4 is 11.8 Å². The number of nitriles is 1. The van der Waals surface area contributed by atoms with Crippen LogP contribution in [-0.2, 0) is 14.3 Å². The van der Waals surface area contributed by atoms with Crippen LogP contribution in [0.4, 0.5) is 0 Å². The molecule has 0 radical (unpaired) electrons. The maximum absolute atomic E-state index is 10.7. The molecule has 0 heterocycles. The second kappa shape index (κ2) is 5.08. The third-order valence-electron chi connectivity index (χ3n) is 1.05. The minimum absolute atomic E-state index is 0.187. The van der Waals surface area contributed by atoms with E-state index in [0.717, 1.165) is 6.08 Å². The fraction of sp³-hybridized carbons (Fsp3) is 0.375. The van der Waals surface area contributed by atoms with Gasteiger partial charge in [0.15, 0.2) is 5.78 Å². The Morgan fingerprint density at radius 1 is 1.58 bits per heavy atom. The monoisotopic (exact) mass is 167 g/mol. The molecule has 0 aliphatic rings. The Balaban J connectivity index is 4.42. The molecule has 0 aromatic rings. The first-order valence-corrected chi connectivity index (χ1v) is 3.41. The van der Waals surface area contributed by atoms with Crippen LogP contribution in [0.3, 0.4) is 0 Å². The van der Waals surface area contributed by atoms with Gasteiger partial charge in [0, 0.05) is 6.08 Å². The molecule has 0 bridgehead atoms. The van der Waals surface area contributed by atoms with E-state index >= 15 is 0 Å². The minimum Gasteiger partial charge on any atom is -0.463 e. The number of hydrogen-bond acceptors (Lipinski definition) is 4. The van der Waals surface area contributed by atoms with Gasteiger partial charge in [-0.2, -0.15) is 5.26 Å². The number of ketones is 1. The van der Waals surface area contributed by atoms with E-state index in [1.807, 2.05) is 0 Å². The van der Waals surface area contributed by atoms with Crippen molar-refractivity contribution in [1.82, 2.24) is 0 Å². The summed E-state index contributed by atoms with van der Waals surface area (Å²) in [5, 5.41) is 8.37. The third kappa shape index (κ3) is 3.52. The molecular formula is C8H9NO3. The number of allylic oxidation sites excluding steroid dienone is 1. The number of hydrogen-bond donors (Lipinski definition) is 0. The van der Waals surface area contributed by atoms with Gasteiger partial charge in [-0.1, -0.05) is 0 Å². The highest BCUT2D eigenvalue weighted by Gasteiger charge is 2.05. The van der Waals surface area contributed by atoms with Gasteiger partial charge < -0.3 is 4.74 Å². The zero-order valence-corrected chi connectivity index (χ0v) is 6.96. The Hall–Kier alpha value is -1.63. The van der Waals surface area contributed by atoms with Gasteiger partial charge >= 0.3 is 5.97 Å². The molecule has 0 saturated heterocycles. The molecule has 4 heteroatoms. The van der Waals surface area contributed by atoms with Gasteiger partial charge in [0.05, 0.1) is 6.61 Å². The summed E-state index contributed by atoms with van der Waals surface area (Å²) in [5.41, 5.74) is -0.187. The fourth-order valence-electron chi connectivity index (χ4n) is 0.514. The first kappa shape index (κ1) is 10.4. The van der Waals surface area contributed by atoms with Crippen LogP contribution < -0.4 is 0 Å². The number of rotatable bonds is 3. The van der Waals surface area contributed by atoms with Crippen LogP contribution in [0.5, 0.6) is 0 Å². The first-order chi connectivity index (χ1) is 5.61. The summed E-state index contributed by atoms with van der Waals surface area (Å²) in [6, 6.07) is 1.60. The summed E-state index contributed by atoms with van der Waals surface area (Å²) < 4.78 is 4.51. The van der Waals surface area contributed by atoms with Crippen molar-refractivity contribution in [2.45, 2.75) is 13.8 Å². The van der Waals surface area contributed by atoms with Crippen LogP contribution in [-0.4, -0.2) is 18.4 Å². The normalized spacial score (nSPS) is 10.2.